The van der Waals surface area contributed by atoms with Crippen molar-refractivity contribution in [3.63, 3.8) is 0 Å². The number of halogens is 1. The number of rotatable bonds is 4. The van der Waals surface area contributed by atoms with Crippen LogP contribution in [0, 0.1) is 5.82 Å². The van der Waals surface area contributed by atoms with Crippen molar-refractivity contribution < 1.29 is 28.6 Å². The summed E-state index contributed by atoms with van der Waals surface area (Å²) in [7, 11) is 1.30. The van der Waals surface area contributed by atoms with E-state index in [2.05, 4.69) is 5.32 Å². The summed E-state index contributed by atoms with van der Waals surface area (Å²) in [6.45, 7) is 0. The third kappa shape index (κ3) is 3.46. The van der Waals surface area contributed by atoms with E-state index >= 15 is 0 Å². The number of carboxylic acid groups (broad SMARTS) is 1. The van der Waals surface area contributed by atoms with Crippen molar-refractivity contribution in [2.24, 2.45) is 0 Å². The van der Waals surface area contributed by atoms with Crippen LogP contribution in [0.5, 0.6) is 0 Å². The summed E-state index contributed by atoms with van der Waals surface area (Å²) in [6.07, 6.45) is 0.146. The molecular weight excluding hydrogens is 409 g/mol. The molecule has 4 rings (SSSR count). The van der Waals surface area contributed by atoms with Crippen LogP contribution in [0.3, 0.4) is 0 Å². The lowest BCUT2D eigenvalue weighted by Gasteiger charge is -2.24. The van der Waals surface area contributed by atoms with E-state index in [4.69, 9.17) is 4.74 Å². The average molecular weight is 425 g/mol. The smallest absolute Gasteiger partial charge is 0.346 e. The largest absolute Gasteiger partial charge is 0.477 e. The Balaban J connectivity index is 1.84. The molecule has 1 aliphatic heterocycles. The highest BCUT2D eigenvalue weighted by atomic mass is 32.1. The van der Waals surface area contributed by atoms with Crippen LogP contribution in [0.2, 0.25) is 0 Å². The third-order valence-corrected chi connectivity index (χ3v) is 6.26. The van der Waals surface area contributed by atoms with E-state index in [0.717, 1.165) is 16.9 Å². The molecule has 152 valence electrons. The van der Waals surface area contributed by atoms with E-state index in [1.54, 1.807) is 24.3 Å². The van der Waals surface area contributed by atoms with E-state index in [1.165, 1.54) is 31.4 Å². The van der Waals surface area contributed by atoms with Gasteiger partial charge in [-0.25, -0.2) is 14.0 Å². The summed E-state index contributed by atoms with van der Waals surface area (Å²) in [5, 5.41) is 12.5. The summed E-state index contributed by atoms with van der Waals surface area (Å²) < 4.78 is 18.1. The molecule has 0 saturated heterocycles. The first-order valence-electron chi connectivity index (χ1n) is 9.03. The number of benzene rings is 2. The maximum Gasteiger partial charge on any atom is 0.346 e. The monoisotopic (exact) mass is 425 g/mol. The van der Waals surface area contributed by atoms with Crippen molar-refractivity contribution in [2.45, 2.75) is 12.3 Å². The van der Waals surface area contributed by atoms with E-state index in [1.807, 2.05) is 0 Å². The highest BCUT2D eigenvalue weighted by molar-refractivity contribution is 7.15. The molecule has 1 atom stereocenters. The molecular formula is C22H16FNO5S. The molecule has 8 heteroatoms. The van der Waals surface area contributed by atoms with Gasteiger partial charge in [-0.05, 0) is 35.4 Å². The molecule has 2 aromatic carbocycles. The first-order valence-corrected chi connectivity index (χ1v) is 9.84. The fourth-order valence-electron chi connectivity index (χ4n) is 3.57. The lowest BCUT2D eigenvalue weighted by molar-refractivity contribution is -0.116. The van der Waals surface area contributed by atoms with E-state index in [-0.39, 0.29) is 23.1 Å². The molecule has 2 N–H and O–H groups in total. The van der Waals surface area contributed by atoms with E-state index < -0.39 is 17.8 Å². The van der Waals surface area contributed by atoms with Gasteiger partial charge in [0.25, 0.3) is 0 Å². The number of esters is 1. The highest BCUT2D eigenvalue weighted by Gasteiger charge is 2.34. The molecule has 1 amide bonds. The zero-order chi connectivity index (χ0) is 21.4. The van der Waals surface area contributed by atoms with Crippen LogP contribution < -0.4 is 5.32 Å². The number of nitrogens with one attached hydrogen (secondary N) is 1. The molecule has 0 radical (unpaired) electrons. The SMILES string of the molecule is COC(=O)c1ccc([C@@H]2CC(=O)Nc3c2sc(C(=O)O)c3-c2ccc(F)cc2)cc1. The highest BCUT2D eigenvalue weighted by Crippen LogP contribution is 2.49. The predicted octanol–water partition coefficient (Wildman–Crippen LogP) is 4.51. The molecule has 0 spiro atoms. The number of hydrogen-bond acceptors (Lipinski definition) is 5. The summed E-state index contributed by atoms with van der Waals surface area (Å²) in [6, 6.07) is 12.2. The molecule has 0 unspecified atom stereocenters. The molecule has 0 saturated carbocycles. The molecule has 30 heavy (non-hydrogen) atoms. The van der Waals surface area contributed by atoms with Crippen LogP contribution >= 0.6 is 11.3 Å². The first-order chi connectivity index (χ1) is 14.4. The number of amides is 1. The van der Waals surface area contributed by atoms with Gasteiger partial charge in [0.2, 0.25) is 5.91 Å². The number of carbonyl (C=O) groups is 3. The van der Waals surface area contributed by atoms with Crippen LogP contribution in [0.15, 0.2) is 48.5 Å². The van der Waals surface area contributed by atoms with Crippen LogP contribution in [0.25, 0.3) is 11.1 Å². The quantitative estimate of drug-likeness (QED) is 0.600. The standard InChI is InChI=1S/C22H16FNO5S/c1-29-22(28)13-4-2-11(3-5-13)15-10-16(25)24-18-17(12-6-8-14(23)9-7-12)20(21(26)27)30-19(15)18/h2-9,15H,10H2,1H3,(H,24,25)(H,26,27)/t15-/m0/s1. The van der Waals surface area contributed by atoms with Crippen LogP contribution in [-0.2, 0) is 9.53 Å². The summed E-state index contributed by atoms with van der Waals surface area (Å²) in [5.41, 5.74) is 2.47. The second-order valence-electron chi connectivity index (χ2n) is 6.78. The van der Waals surface area contributed by atoms with Crippen molar-refractivity contribution in [3.8, 4) is 11.1 Å². The van der Waals surface area contributed by atoms with Crippen LogP contribution in [0.1, 0.15) is 42.8 Å². The second-order valence-corrected chi connectivity index (χ2v) is 7.83. The number of methoxy groups -OCH3 is 1. The Morgan fingerprint density at radius 2 is 1.80 bits per heavy atom. The van der Waals surface area contributed by atoms with Gasteiger partial charge in [0, 0.05) is 22.8 Å². The summed E-state index contributed by atoms with van der Waals surface area (Å²) >= 11 is 1.09. The van der Waals surface area contributed by atoms with Gasteiger partial charge in [0.1, 0.15) is 10.7 Å². The lowest BCUT2D eigenvalue weighted by Crippen LogP contribution is -2.22. The number of carboxylic acids is 1. The Bertz CT molecular complexity index is 1150. The molecule has 6 nitrogen and oxygen atoms in total. The first kappa shape index (κ1) is 19.8. The third-order valence-electron chi connectivity index (χ3n) is 4.97. The number of hydrogen-bond donors (Lipinski definition) is 2. The average Bonchev–Trinajstić information content (AvgIpc) is 3.13. The van der Waals surface area contributed by atoms with Crippen LogP contribution in [-0.4, -0.2) is 30.1 Å². The van der Waals surface area contributed by atoms with Gasteiger partial charge in [0.05, 0.1) is 18.4 Å². The Morgan fingerprint density at radius 1 is 1.13 bits per heavy atom. The second kappa shape index (κ2) is 7.72. The molecule has 1 aliphatic rings. The maximum absolute atomic E-state index is 13.4. The van der Waals surface area contributed by atoms with Crippen molar-refractivity contribution in [1.29, 1.82) is 0 Å². The number of anilines is 1. The van der Waals surface area contributed by atoms with Crippen molar-refractivity contribution >= 4 is 34.9 Å². The van der Waals surface area contributed by atoms with E-state index in [0.29, 0.717) is 27.3 Å². The molecule has 0 bridgehead atoms. The fourth-order valence-corrected chi connectivity index (χ4v) is 4.81. The number of ether oxygens (including phenoxy) is 1. The normalized spacial score (nSPS) is 15.3. The lowest BCUT2D eigenvalue weighted by atomic mass is 9.88. The fraction of sp³-hybridized carbons (Fsp3) is 0.136. The predicted molar refractivity (Wildman–Crippen MR) is 110 cm³/mol. The minimum absolute atomic E-state index is 0.0741. The number of aromatic carboxylic acids is 1. The summed E-state index contributed by atoms with van der Waals surface area (Å²) in [5.74, 6) is -2.64. The number of carbonyl (C=O) groups excluding carboxylic acids is 2. The van der Waals surface area contributed by atoms with Gasteiger partial charge in [-0.15, -0.1) is 11.3 Å². The Morgan fingerprint density at radius 3 is 2.40 bits per heavy atom. The molecule has 1 aromatic heterocycles. The van der Waals surface area contributed by atoms with E-state index in [9.17, 15) is 23.9 Å². The topological polar surface area (TPSA) is 92.7 Å². The minimum Gasteiger partial charge on any atom is -0.477 e. The van der Waals surface area contributed by atoms with Gasteiger partial charge >= 0.3 is 11.9 Å². The number of fused-ring (bicyclic) bond motifs is 1. The van der Waals surface area contributed by atoms with Gasteiger partial charge < -0.3 is 15.2 Å². The van der Waals surface area contributed by atoms with Crippen LogP contribution in [0.4, 0.5) is 10.1 Å². The Hall–Kier alpha value is -3.52. The van der Waals surface area contributed by atoms with Gasteiger partial charge in [-0.3, -0.25) is 4.79 Å². The molecule has 2 heterocycles. The molecule has 3 aromatic rings. The van der Waals surface area contributed by atoms with Gasteiger partial charge in [0.15, 0.2) is 0 Å². The van der Waals surface area contributed by atoms with Gasteiger partial charge in [-0.2, -0.15) is 0 Å². The molecule has 0 aliphatic carbocycles. The van der Waals surface area contributed by atoms with Crippen molar-refractivity contribution in [1.82, 2.24) is 0 Å². The maximum atomic E-state index is 13.4. The summed E-state index contributed by atoms with van der Waals surface area (Å²) in [4.78, 5) is 36.8. The minimum atomic E-state index is -1.12. The molecule has 0 fully saturated rings. The Labute approximate surface area is 174 Å². The zero-order valence-electron chi connectivity index (χ0n) is 15.8. The number of thiophene rings is 1. The zero-order valence-corrected chi connectivity index (χ0v) is 16.6. The van der Waals surface area contributed by atoms with Crippen molar-refractivity contribution in [2.75, 3.05) is 12.4 Å². The van der Waals surface area contributed by atoms with Crippen molar-refractivity contribution in [3.05, 3.63) is 75.2 Å². The van der Waals surface area contributed by atoms with Gasteiger partial charge in [-0.1, -0.05) is 24.3 Å². The Kier molecular flexibility index (Phi) is 5.09.